The Morgan fingerprint density at radius 3 is 2.17 bits per heavy atom. The molecule has 1 saturated carbocycles. The third-order valence-electron chi connectivity index (χ3n) is 5.59. The van der Waals surface area contributed by atoms with Gasteiger partial charge in [0.2, 0.25) is 5.95 Å². The minimum absolute atomic E-state index is 0.673. The summed E-state index contributed by atoms with van der Waals surface area (Å²) in [5.74, 6) is 4.03. The molecule has 6 nitrogen and oxygen atoms in total. The Labute approximate surface area is 142 Å². The van der Waals surface area contributed by atoms with E-state index in [0.29, 0.717) is 11.8 Å². The van der Waals surface area contributed by atoms with Crippen molar-refractivity contribution in [1.82, 2.24) is 19.9 Å². The molecule has 0 N–H and O–H groups in total. The Balaban J connectivity index is 1.26. The molecule has 124 valence electrons. The number of aryl methyl sites for hydroxylation is 1. The standard InChI is InChI=1S/C18H22N6/c1-12-4-17(22-11-21-12)23-7-15-9-24(10-16(15)8-23)18-19-5-14(6-20-18)13-2-3-13/h4-6,11,13,15-16H,2-3,7-10H2,1H3. The summed E-state index contributed by atoms with van der Waals surface area (Å²) in [6.07, 6.45) is 8.33. The average Bonchev–Trinajstić information content (AvgIpc) is 3.25. The number of nitrogens with zero attached hydrogens (tertiary/aromatic N) is 6. The van der Waals surface area contributed by atoms with Crippen LogP contribution in [0.25, 0.3) is 0 Å². The highest BCUT2D eigenvalue weighted by Crippen LogP contribution is 2.40. The molecular formula is C18H22N6. The fourth-order valence-corrected chi connectivity index (χ4v) is 4.08. The predicted octanol–water partition coefficient (Wildman–Crippen LogP) is 2.03. The second-order valence-electron chi connectivity index (χ2n) is 7.44. The Hall–Kier alpha value is -2.24. The molecule has 3 aliphatic rings. The summed E-state index contributed by atoms with van der Waals surface area (Å²) in [5.41, 5.74) is 2.34. The molecule has 5 rings (SSSR count). The second kappa shape index (κ2) is 5.40. The van der Waals surface area contributed by atoms with E-state index >= 15 is 0 Å². The lowest BCUT2D eigenvalue weighted by molar-refractivity contribution is 0.533. The van der Waals surface area contributed by atoms with Crippen LogP contribution in [0.2, 0.25) is 0 Å². The van der Waals surface area contributed by atoms with Crippen molar-refractivity contribution in [1.29, 1.82) is 0 Å². The van der Waals surface area contributed by atoms with Gasteiger partial charge >= 0.3 is 0 Å². The van der Waals surface area contributed by atoms with Gasteiger partial charge in [-0.2, -0.15) is 0 Å². The number of fused-ring (bicyclic) bond motifs is 1. The van der Waals surface area contributed by atoms with Crippen LogP contribution in [-0.2, 0) is 0 Å². The van der Waals surface area contributed by atoms with Crippen molar-refractivity contribution in [2.24, 2.45) is 11.8 Å². The van der Waals surface area contributed by atoms with Crippen LogP contribution in [0.1, 0.15) is 30.0 Å². The molecule has 0 spiro atoms. The van der Waals surface area contributed by atoms with Crippen LogP contribution in [0.4, 0.5) is 11.8 Å². The van der Waals surface area contributed by atoms with Gasteiger partial charge in [-0.3, -0.25) is 0 Å². The zero-order valence-corrected chi connectivity index (χ0v) is 14.0. The minimum Gasteiger partial charge on any atom is -0.356 e. The first kappa shape index (κ1) is 14.1. The molecule has 2 aromatic rings. The fraction of sp³-hybridized carbons (Fsp3) is 0.556. The maximum Gasteiger partial charge on any atom is 0.225 e. The molecule has 2 aliphatic heterocycles. The highest BCUT2D eigenvalue weighted by Gasteiger charge is 2.41. The molecule has 2 atom stereocenters. The summed E-state index contributed by atoms with van der Waals surface area (Å²) in [7, 11) is 0. The van der Waals surface area contributed by atoms with Crippen molar-refractivity contribution in [2.45, 2.75) is 25.7 Å². The van der Waals surface area contributed by atoms with E-state index in [1.54, 1.807) is 6.33 Å². The summed E-state index contributed by atoms with van der Waals surface area (Å²) in [6, 6.07) is 2.08. The fourth-order valence-electron chi connectivity index (χ4n) is 4.08. The van der Waals surface area contributed by atoms with Crippen LogP contribution in [0, 0.1) is 18.8 Å². The molecule has 0 amide bonds. The van der Waals surface area contributed by atoms with Crippen LogP contribution in [0.15, 0.2) is 24.8 Å². The van der Waals surface area contributed by atoms with Gasteiger partial charge in [0.05, 0.1) is 0 Å². The zero-order chi connectivity index (χ0) is 16.1. The lowest BCUT2D eigenvalue weighted by Crippen LogP contribution is -2.30. The molecule has 1 aliphatic carbocycles. The molecule has 4 heterocycles. The normalized spacial score (nSPS) is 26.0. The quantitative estimate of drug-likeness (QED) is 0.862. The average molecular weight is 322 g/mol. The van der Waals surface area contributed by atoms with Crippen molar-refractivity contribution < 1.29 is 0 Å². The van der Waals surface area contributed by atoms with Crippen LogP contribution in [0.5, 0.6) is 0 Å². The van der Waals surface area contributed by atoms with Crippen molar-refractivity contribution in [3.8, 4) is 0 Å². The van der Waals surface area contributed by atoms with Gasteiger partial charge in [-0.1, -0.05) is 0 Å². The van der Waals surface area contributed by atoms with Gasteiger partial charge in [0.1, 0.15) is 12.1 Å². The number of hydrogen-bond donors (Lipinski definition) is 0. The second-order valence-corrected chi connectivity index (χ2v) is 7.44. The van der Waals surface area contributed by atoms with Crippen LogP contribution in [0.3, 0.4) is 0 Å². The monoisotopic (exact) mass is 322 g/mol. The Morgan fingerprint density at radius 1 is 0.875 bits per heavy atom. The predicted molar refractivity (Wildman–Crippen MR) is 92.2 cm³/mol. The maximum absolute atomic E-state index is 4.62. The highest BCUT2D eigenvalue weighted by atomic mass is 15.3. The third kappa shape index (κ3) is 2.50. The van der Waals surface area contributed by atoms with E-state index in [4.69, 9.17) is 0 Å². The van der Waals surface area contributed by atoms with Crippen LogP contribution in [-0.4, -0.2) is 46.1 Å². The van der Waals surface area contributed by atoms with Crippen LogP contribution >= 0.6 is 0 Å². The van der Waals surface area contributed by atoms with Crippen molar-refractivity contribution >= 4 is 11.8 Å². The van der Waals surface area contributed by atoms with Crippen molar-refractivity contribution in [3.05, 3.63) is 36.0 Å². The topological polar surface area (TPSA) is 58.0 Å². The summed E-state index contributed by atoms with van der Waals surface area (Å²) in [4.78, 5) is 22.6. The molecule has 2 saturated heterocycles. The Bertz CT molecular complexity index is 727. The van der Waals surface area contributed by atoms with E-state index in [0.717, 1.165) is 49.6 Å². The van der Waals surface area contributed by atoms with E-state index < -0.39 is 0 Å². The van der Waals surface area contributed by atoms with Gasteiger partial charge in [-0.25, -0.2) is 19.9 Å². The van der Waals surface area contributed by atoms with E-state index in [1.165, 1.54) is 18.4 Å². The van der Waals surface area contributed by atoms with E-state index in [-0.39, 0.29) is 0 Å². The van der Waals surface area contributed by atoms with Gasteiger partial charge in [0, 0.05) is 62.2 Å². The summed E-state index contributed by atoms with van der Waals surface area (Å²) < 4.78 is 0. The molecule has 0 bridgehead atoms. The first-order chi connectivity index (χ1) is 11.8. The summed E-state index contributed by atoms with van der Waals surface area (Å²) >= 11 is 0. The zero-order valence-electron chi connectivity index (χ0n) is 14.0. The van der Waals surface area contributed by atoms with Gasteiger partial charge in [-0.05, 0) is 31.2 Å². The van der Waals surface area contributed by atoms with Gasteiger partial charge in [0.25, 0.3) is 0 Å². The van der Waals surface area contributed by atoms with Gasteiger partial charge in [-0.15, -0.1) is 0 Å². The van der Waals surface area contributed by atoms with Gasteiger partial charge < -0.3 is 9.80 Å². The van der Waals surface area contributed by atoms with Crippen molar-refractivity contribution in [3.63, 3.8) is 0 Å². The smallest absolute Gasteiger partial charge is 0.225 e. The SMILES string of the molecule is Cc1cc(N2CC3CN(c4ncc(C5CC5)cn4)CC3C2)ncn1. The first-order valence-electron chi connectivity index (χ1n) is 8.87. The summed E-state index contributed by atoms with van der Waals surface area (Å²) in [5, 5.41) is 0. The van der Waals surface area contributed by atoms with Crippen LogP contribution < -0.4 is 9.80 Å². The largest absolute Gasteiger partial charge is 0.356 e. The van der Waals surface area contributed by atoms with Gasteiger partial charge in [0.15, 0.2) is 0 Å². The molecule has 0 aromatic carbocycles. The van der Waals surface area contributed by atoms with E-state index in [2.05, 4.69) is 35.8 Å². The lowest BCUT2D eigenvalue weighted by atomic mass is 10.0. The molecule has 0 radical (unpaired) electrons. The Kier molecular flexibility index (Phi) is 3.18. The Morgan fingerprint density at radius 2 is 1.54 bits per heavy atom. The lowest BCUT2D eigenvalue weighted by Gasteiger charge is -2.22. The first-order valence-corrected chi connectivity index (χ1v) is 8.87. The maximum atomic E-state index is 4.62. The molecule has 3 fully saturated rings. The third-order valence-corrected chi connectivity index (χ3v) is 5.59. The number of aromatic nitrogens is 4. The van der Waals surface area contributed by atoms with E-state index in [9.17, 15) is 0 Å². The minimum atomic E-state index is 0.673. The molecule has 24 heavy (non-hydrogen) atoms. The number of hydrogen-bond acceptors (Lipinski definition) is 6. The highest BCUT2D eigenvalue weighted by molar-refractivity contribution is 5.43. The van der Waals surface area contributed by atoms with E-state index in [1.807, 2.05) is 19.3 Å². The number of anilines is 2. The molecule has 2 aromatic heterocycles. The summed E-state index contributed by atoms with van der Waals surface area (Å²) in [6.45, 7) is 6.25. The molecule has 2 unspecified atom stereocenters. The molecular weight excluding hydrogens is 300 g/mol. The van der Waals surface area contributed by atoms with Crippen molar-refractivity contribution in [2.75, 3.05) is 36.0 Å². The molecule has 6 heteroatoms. The number of rotatable bonds is 3.